The molecule has 2 aliphatic heterocycles. The number of rotatable bonds is 4. The van der Waals surface area contributed by atoms with Crippen LogP contribution in [0.2, 0.25) is 0 Å². The fourth-order valence-electron chi connectivity index (χ4n) is 4.05. The number of hydrogen-bond acceptors (Lipinski definition) is 3. The molecule has 2 fully saturated rings. The van der Waals surface area contributed by atoms with E-state index in [1.165, 1.54) is 0 Å². The largest absolute Gasteiger partial charge is 0.381 e. The zero-order valence-electron chi connectivity index (χ0n) is 15.2. The average molecular weight is 344 g/mol. The second-order valence-corrected chi connectivity index (χ2v) is 7.16. The van der Waals surface area contributed by atoms with Crippen molar-refractivity contribution >= 4 is 11.8 Å². The third-order valence-electron chi connectivity index (χ3n) is 5.46. The van der Waals surface area contributed by atoms with Crippen LogP contribution < -0.4 is 0 Å². The predicted octanol–water partition coefficient (Wildman–Crippen LogP) is 2.17. The molecule has 2 saturated heterocycles. The summed E-state index contributed by atoms with van der Waals surface area (Å²) >= 11 is 0. The van der Waals surface area contributed by atoms with Crippen molar-refractivity contribution < 1.29 is 14.3 Å². The fourth-order valence-corrected chi connectivity index (χ4v) is 4.05. The highest BCUT2D eigenvalue weighted by molar-refractivity contribution is 5.80. The van der Waals surface area contributed by atoms with Gasteiger partial charge in [0.2, 0.25) is 11.8 Å². The zero-order chi connectivity index (χ0) is 17.8. The van der Waals surface area contributed by atoms with Gasteiger partial charge in [-0.25, -0.2) is 0 Å². The number of aryl methyl sites for hydroxylation is 1. The maximum atomic E-state index is 12.7. The van der Waals surface area contributed by atoms with E-state index in [1.54, 1.807) is 6.92 Å². The van der Waals surface area contributed by atoms with E-state index in [0.29, 0.717) is 13.0 Å². The Morgan fingerprint density at radius 3 is 2.56 bits per heavy atom. The minimum Gasteiger partial charge on any atom is -0.381 e. The van der Waals surface area contributed by atoms with Crippen LogP contribution in [0.3, 0.4) is 0 Å². The molecule has 2 heterocycles. The Labute approximate surface area is 149 Å². The highest BCUT2D eigenvalue weighted by atomic mass is 16.5. The molecule has 0 N–H and O–H groups in total. The van der Waals surface area contributed by atoms with Crippen LogP contribution in [0.5, 0.6) is 0 Å². The van der Waals surface area contributed by atoms with Crippen molar-refractivity contribution in [2.75, 3.05) is 26.3 Å². The molecule has 0 aliphatic carbocycles. The van der Waals surface area contributed by atoms with Crippen LogP contribution in [0, 0.1) is 6.92 Å². The predicted molar refractivity (Wildman–Crippen MR) is 96.2 cm³/mol. The van der Waals surface area contributed by atoms with Crippen LogP contribution in [0.15, 0.2) is 24.3 Å². The molecule has 1 unspecified atom stereocenters. The standard InChI is InChI=1S/C20H28N2O3/c1-15-5-3-4-6-17(15)13-20(24)21-10-7-19(14-21)22(16(2)23)18-8-11-25-12-9-18/h3-6,18-19H,7-14H2,1-2H3. The normalized spacial score (nSPS) is 21.4. The molecule has 136 valence electrons. The van der Waals surface area contributed by atoms with E-state index in [0.717, 1.165) is 50.1 Å². The van der Waals surface area contributed by atoms with Crippen LogP contribution in [0.25, 0.3) is 0 Å². The van der Waals surface area contributed by atoms with Crippen LogP contribution in [0.4, 0.5) is 0 Å². The quantitative estimate of drug-likeness (QED) is 0.841. The van der Waals surface area contributed by atoms with Gasteiger partial charge in [0.25, 0.3) is 0 Å². The summed E-state index contributed by atoms with van der Waals surface area (Å²) in [7, 11) is 0. The molecule has 2 amide bonds. The number of benzene rings is 1. The Kier molecular flexibility index (Phi) is 5.74. The summed E-state index contributed by atoms with van der Waals surface area (Å²) in [6.07, 6.45) is 3.10. The lowest BCUT2D eigenvalue weighted by atomic mass is 10.0. The number of likely N-dealkylation sites (tertiary alicyclic amines) is 1. The Morgan fingerprint density at radius 2 is 1.88 bits per heavy atom. The topological polar surface area (TPSA) is 49.9 Å². The SMILES string of the molecule is CC(=O)N(C1CCOCC1)C1CCN(C(=O)Cc2ccccc2C)C1. The van der Waals surface area contributed by atoms with Crippen molar-refractivity contribution in [1.29, 1.82) is 0 Å². The lowest BCUT2D eigenvalue weighted by Gasteiger charge is -2.37. The zero-order valence-corrected chi connectivity index (χ0v) is 15.2. The van der Waals surface area contributed by atoms with Gasteiger partial charge in [-0.2, -0.15) is 0 Å². The molecule has 5 nitrogen and oxygen atoms in total. The number of ether oxygens (including phenoxy) is 1. The first kappa shape index (κ1) is 17.9. The van der Waals surface area contributed by atoms with E-state index in [-0.39, 0.29) is 23.9 Å². The maximum absolute atomic E-state index is 12.7. The fraction of sp³-hybridized carbons (Fsp3) is 0.600. The second kappa shape index (κ2) is 8.00. The average Bonchev–Trinajstić information content (AvgIpc) is 3.07. The van der Waals surface area contributed by atoms with Gasteiger partial charge in [0.05, 0.1) is 12.5 Å². The Morgan fingerprint density at radius 1 is 1.16 bits per heavy atom. The number of carbonyl (C=O) groups is 2. The van der Waals surface area contributed by atoms with Crippen molar-refractivity contribution in [2.45, 2.75) is 51.6 Å². The third kappa shape index (κ3) is 4.21. The first-order valence-electron chi connectivity index (χ1n) is 9.25. The van der Waals surface area contributed by atoms with Gasteiger partial charge in [0.15, 0.2) is 0 Å². The summed E-state index contributed by atoms with van der Waals surface area (Å²) in [6.45, 7) is 6.52. The highest BCUT2D eigenvalue weighted by Gasteiger charge is 2.35. The minimum absolute atomic E-state index is 0.116. The van der Waals surface area contributed by atoms with E-state index in [9.17, 15) is 9.59 Å². The van der Waals surface area contributed by atoms with Crippen molar-refractivity contribution in [3.8, 4) is 0 Å². The summed E-state index contributed by atoms with van der Waals surface area (Å²) in [5.41, 5.74) is 2.24. The number of amides is 2. The molecule has 0 bridgehead atoms. The first-order valence-corrected chi connectivity index (χ1v) is 9.25. The Balaban J connectivity index is 1.62. The summed E-state index contributed by atoms with van der Waals surface area (Å²) < 4.78 is 5.43. The smallest absolute Gasteiger partial charge is 0.227 e. The van der Waals surface area contributed by atoms with Crippen LogP contribution in [-0.4, -0.2) is 60.0 Å². The van der Waals surface area contributed by atoms with Gasteiger partial charge in [-0.05, 0) is 37.3 Å². The number of hydrogen-bond donors (Lipinski definition) is 0. The molecule has 1 aromatic carbocycles. The maximum Gasteiger partial charge on any atom is 0.227 e. The van der Waals surface area contributed by atoms with Crippen LogP contribution in [-0.2, 0) is 20.7 Å². The van der Waals surface area contributed by atoms with Crippen LogP contribution >= 0.6 is 0 Å². The monoisotopic (exact) mass is 344 g/mol. The van der Waals surface area contributed by atoms with Gasteiger partial charge in [-0.15, -0.1) is 0 Å². The number of nitrogens with zero attached hydrogens (tertiary/aromatic N) is 2. The van der Waals surface area contributed by atoms with E-state index >= 15 is 0 Å². The Bertz CT molecular complexity index is 625. The molecule has 2 aliphatic rings. The molecule has 25 heavy (non-hydrogen) atoms. The molecule has 0 aromatic heterocycles. The molecule has 5 heteroatoms. The van der Waals surface area contributed by atoms with Crippen molar-refractivity contribution in [2.24, 2.45) is 0 Å². The number of carbonyl (C=O) groups excluding carboxylic acids is 2. The lowest BCUT2D eigenvalue weighted by molar-refractivity contribution is -0.137. The van der Waals surface area contributed by atoms with Crippen LogP contribution in [0.1, 0.15) is 37.3 Å². The van der Waals surface area contributed by atoms with E-state index < -0.39 is 0 Å². The van der Waals surface area contributed by atoms with Crippen molar-refractivity contribution in [1.82, 2.24) is 9.80 Å². The molecule has 3 rings (SSSR count). The molecular formula is C20H28N2O3. The molecule has 0 saturated carbocycles. The molecule has 1 atom stereocenters. The van der Waals surface area contributed by atoms with Gasteiger partial charge in [-0.1, -0.05) is 24.3 Å². The highest BCUT2D eigenvalue weighted by Crippen LogP contribution is 2.24. The van der Waals surface area contributed by atoms with Gasteiger partial charge >= 0.3 is 0 Å². The van der Waals surface area contributed by atoms with Crippen molar-refractivity contribution in [3.63, 3.8) is 0 Å². The van der Waals surface area contributed by atoms with Crippen molar-refractivity contribution in [3.05, 3.63) is 35.4 Å². The molecule has 0 radical (unpaired) electrons. The second-order valence-electron chi connectivity index (χ2n) is 7.16. The summed E-state index contributed by atoms with van der Waals surface area (Å²) in [5.74, 6) is 0.275. The van der Waals surface area contributed by atoms with Gasteiger partial charge in [0.1, 0.15) is 0 Å². The Hall–Kier alpha value is -1.88. The van der Waals surface area contributed by atoms with Gasteiger partial charge in [0, 0.05) is 39.3 Å². The third-order valence-corrected chi connectivity index (χ3v) is 5.46. The summed E-state index contributed by atoms with van der Waals surface area (Å²) in [4.78, 5) is 28.8. The summed E-state index contributed by atoms with van der Waals surface area (Å²) in [6, 6.07) is 8.42. The van der Waals surface area contributed by atoms with E-state index in [1.807, 2.05) is 41.0 Å². The molecular weight excluding hydrogens is 316 g/mol. The first-order chi connectivity index (χ1) is 12.1. The molecule has 0 spiro atoms. The summed E-state index contributed by atoms with van der Waals surface area (Å²) in [5, 5.41) is 0. The molecule has 1 aromatic rings. The minimum atomic E-state index is 0.116. The van der Waals surface area contributed by atoms with Gasteiger partial charge in [-0.3, -0.25) is 9.59 Å². The van der Waals surface area contributed by atoms with E-state index in [2.05, 4.69) is 0 Å². The van der Waals surface area contributed by atoms with Gasteiger partial charge < -0.3 is 14.5 Å². The lowest BCUT2D eigenvalue weighted by Crippen LogP contribution is -2.49. The van der Waals surface area contributed by atoms with E-state index in [4.69, 9.17) is 4.74 Å².